The molecule has 3 heterocycles. The topological polar surface area (TPSA) is 74.0 Å². The van der Waals surface area contributed by atoms with Crippen molar-refractivity contribution in [2.75, 3.05) is 39.8 Å². The maximum Gasteiger partial charge on any atom is 0.289 e. The van der Waals surface area contributed by atoms with Gasteiger partial charge in [0.25, 0.3) is 5.91 Å². The highest BCUT2D eigenvalue weighted by atomic mass is 127. The number of carbonyl (C=O) groups is 1. The van der Waals surface area contributed by atoms with Crippen molar-refractivity contribution in [3.05, 3.63) is 40.2 Å². The largest absolute Gasteiger partial charge is 0.459 e. The number of hydrogen-bond acceptors (Lipinski definition) is 5. The van der Waals surface area contributed by atoms with Gasteiger partial charge in [0.2, 0.25) is 0 Å². The number of aromatic nitrogens is 1. The van der Waals surface area contributed by atoms with Gasteiger partial charge in [0.15, 0.2) is 11.7 Å². The third kappa shape index (κ3) is 5.69. The van der Waals surface area contributed by atoms with Gasteiger partial charge >= 0.3 is 0 Å². The zero-order valence-corrected chi connectivity index (χ0v) is 19.7. The van der Waals surface area contributed by atoms with Crippen molar-refractivity contribution in [3.8, 4) is 0 Å². The number of guanidine groups is 1. The van der Waals surface area contributed by atoms with E-state index in [2.05, 4.69) is 39.4 Å². The number of furan rings is 1. The van der Waals surface area contributed by atoms with Gasteiger partial charge < -0.3 is 19.5 Å². The van der Waals surface area contributed by atoms with Crippen molar-refractivity contribution in [1.82, 2.24) is 20.1 Å². The van der Waals surface area contributed by atoms with E-state index in [0.717, 1.165) is 37.7 Å². The molecule has 1 aliphatic rings. The summed E-state index contributed by atoms with van der Waals surface area (Å²) < 4.78 is 5.21. The molecule has 3 rings (SSSR count). The van der Waals surface area contributed by atoms with E-state index in [-0.39, 0.29) is 29.9 Å². The molecule has 28 heavy (non-hydrogen) atoms. The number of piperazine rings is 1. The third-order valence-electron chi connectivity index (χ3n) is 4.54. The number of hydrogen-bond donors (Lipinski definition) is 1. The van der Waals surface area contributed by atoms with Crippen molar-refractivity contribution in [3.63, 3.8) is 0 Å². The van der Waals surface area contributed by atoms with Gasteiger partial charge in [0.05, 0.1) is 17.0 Å². The SMILES string of the molecule is CN=C(NCCc1csc(C(C)C)n1)N1CCN(C(=O)c2ccco2)CC1.I. The molecule has 0 aliphatic carbocycles. The van der Waals surface area contributed by atoms with E-state index in [1.807, 2.05) is 4.90 Å². The summed E-state index contributed by atoms with van der Waals surface area (Å²) in [5.74, 6) is 1.70. The van der Waals surface area contributed by atoms with Crippen LogP contribution in [0.1, 0.15) is 41.0 Å². The first-order valence-corrected chi connectivity index (χ1v) is 10.2. The summed E-state index contributed by atoms with van der Waals surface area (Å²) in [5.41, 5.74) is 1.13. The van der Waals surface area contributed by atoms with Crippen LogP contribution in [0.15, 0.2) is 33.2 Å². The number of carbonyl (C=O) groups excluding carboxylic acids is 1. The second-order valence-corrected chi connectivity index (χ2v) is 7.70. The van der Waals surface area contributed by atoms with Crippen LogP contribution in [-0.4, -0.2) is 66.4 Å². The maximum absolute atomic E-state index is 12.3. The lowest BCUT2D eigenvalue weighted by molar-refractivity contribution is 0.0658. The van der Waals surface area contributed by atoms with Crippen molar-refractivity contribution in [2.45, 2.75) is 26.2 Å². The minimum Gasteiger partial charge on any atom is -0.459 e. The number of rotatable bonds is 5. The summed E-state index contributed by atoms with van der Waals surface area (Å²) >= 11 is 1.73. The predicted molar refractivity (Wildman–Crippen MR) is 123 cm³/mol. The van der Waals surface area contributed by atoms with Crippen LogP contribution >= 0.6 is 35.3 Å². The van der Waals surface area contributed by atoms with E-state index < -0.39 is 0 Å². The zero-order valence-electron chi connectivity index (χ0n) is 16.6. The van der Waals surface area contributed by atoms with Gasteiger partial charge in [-0.2, -0.15) is 0 Å². The fraction of sp³-hybridized carbons (Fsp3) is 0.526. The lowest BCUT2D eigenvalue weighted by atomic mass is 10.2. The molecule has 1 saturated heterocycles. The lowest BCUT2D eigenvalue weighted by Gasteiger charge is -2.36. The maximum atomic E-state index is 12.3. The van der Waals surface area contributed by atoms with Gasteiger partial charge in [-0.3, -0.25) is 9.79 Å². The summed E-state index contributed by atoms with van der Waals surface area (Å²) in [5, 5.41) is 6.74. The minimum absolute atomic E-state index is 0. The molecule has 2 aromatic rings. The van der Waals surface area contributed by atoms with Crippen molar-refractivity contribution >= 4 is 47.2 Å². The Balaban J connectivity index is 0.00000280. The molecule has 0 aromatic carbocycles. The van der Waals surface area contributed by atoms with Crippen LogP contribution in [0.25, 0.3) is 0 Å². The van der Waals surface area contributed by atoms with Crippen LogP contribution in [0.5, 0.6) is 0 Å². The molecule has 0 unspecified atom stereocenters. The number of nitrogens with zero attached hydrogens (tertiary/aromatic N) is 4. The highest BCUT2D eigenvalue weighted by molar-refractivity contribution is 14.0. The van der Waals surface area contributed by atoms with E-state index in [9.17, 15) is 4.79 Å². The van der Waals surface area contributed by atoms with Gasteiger partial charge in [0, 0.05) is 57.5 Å². The molecule has 2 aromatic heterocycles. The Hall–Kier alpha value is -1.62. The summed E-state index contributed by atoms with van der Waals surface area (Å²) in [7, 11) is 1.79. The first-order valence-electron chi connectivity index (χ1n) is 9.31. The molecule has 0 spiro atoms. The monoisotopic (exact) mass is 517 g/mol. The molecule has 1 aliphatic heterocycles. The standard InChI is InChI=1S/C19H27N5O2S.HI/c1-14(2)17-22-15(13-27-17)6-7-21-19(20-3)24-10-8-23(9-11-24)18(25)16-5-4-12-26-16;/h4-5,12-14H,6-11H2,1-3H3,(H,20,21);1H. The first kappa shape index (κ1) is 22.7. The summed E-state index contributed by atoms with van der Waals surface area (Å²) in [4.78, 5) is 25.4. The van der Waals surface area contributed by atoms with Crippen molar-refractivity contribution < 1.29 is 9.21 Å². The van der Waals surface area contributed by atoms with Crippen molar-refractivity contribution in [2.24, 2.45) is 4.99 Å². The summed E-state index contributed by atoms with van der Waals surface area (Å²) in [6, 6.07) is 3.44. The van der Waals surface area contributed by atoms with Crippen LogP contribution in [0.3, 0.4) is 0 Å². The number of aliphatic imine (C=N–C) groups is 1. The van der Waals surface area contributed by atoms with E-state index in [1.165, 1.54) is 11.3 Å². The Morgan fingerprint density at radius 2 is 2.04 bits per heavy atom. The molecular formula is C19H28IN5O2S. The van der Waals surface area contributed by atoms with Crippen LogP contribution in [-0.2, 0) is 6.42 Å². The molecule has 1 N–H and O–H groups in total. The Morgan fingerprint density at radius 3 is 2.61 bits per heavy atom. The van der Waals surface area contributed by atoms with Gasteiger partial charge in [-0.15, -0.1) is 35.3 Å². The molecule has 154 valence electrons. The molecule has 0 radical (unpaired) electrons. The second kappa shape index (κ2) is 10.8. The summed E-state index contributed by atoms with van der Waals surface area (Å²) in [6.07, 6.45) is 2.40. The summed E-state index contributed by atoms with van der Waals surface area (Å²) in [6.45, 7) is 7.94. The number of halogens is 1. The van der Waals surface area contributed by atoms with E-state index in [1.54, 1.807) is 30.5 Å². The van der Waals surface area contributed by atoms with E-state index in [0.29, 0.717) is 24.8 Å². The number of nitrogens with one attached hydrogen (secondary N) is 1. The molecule has 9 heteroatoms. The number of amides is 1. The molecule has 0 bridgehead atoms. The van der Waals surface area contributed by atoms with Crippen LogP contribution < -0.4 is 5.32 Å². The molecule has 7 nitrogen and oxygen atoms in total. The van der Waals surface area contributed by atoms with Crippen molar-refractivity contribution in [1.29, 1.82) is 0 Å². The van der Waals surface area contributed by atoms with E-state index >= 15 is 0 Å². The molecule has 0 saturated carbocycles. The normalized spacial score (nSPS) is 14.9. The highest BCUT2D eigenvalue weighted by Gasteiger charge is 2.25. The lowest BCUT2D eigenvalue weighted by Crippen LogP contribution is -2.54. The van der Waals surface area contributed by atoms with Crippen LogP contribution in [0.4, 0.5) is 0 Å². The van der Waals surface area contributed by atoms with E-state index in [4.69, 9.17) is 4.42 Å². The average Bonchev–Trinajstić information content (AvgIpc) is 3.37. The Labute approximate surface area is 187 Å². The minimum atomic E-state index is -0.0490. The second-order valence-electron chi connectivity index (χ2n) is 6.81. The molecular weight excluding hydrogens is 489 g/mol. The van der Waals surface area contributed by atoms with Crippen LogP contribution in [0, 0.1) is 0 Å². The predicted octanol–water partition coefficient (Wildman–Crippen LogP) is 3.05. The highest BCUT2D eigenvalue weighted by Crippen LogP contribution is 2.19. The van der Waals surface area contributed by atoms with Gasteiger partial charge in [-0.05, 0) is 12.1 Å². The molecule has 0 atom stereocenters. The molecule has 1 fully saturated rings. The van der Waals surface area contributed by atoms with Gasteiger partial charge in [-0.25, -0.2) is 4.98 Å². The number of thiazole rings is 1. The Kier molecular flexibility index (Phi) is 8.74. The fourth-order valence-corrected chi connectivity index (χ4v) is 3.88. The third-order valence-corrected chi connectivity index (χ3v) is 5.73. The zero-order chi connectivity index (χ0) is 19.2. The average molecular weight is 517 g/mol. The fourth-order valence-electron chi connectivity index (χ4n) is 3.01. The first-order chi connectivity index (χ1) is 13.1. The Morgan fingerprint density at radius 1 is 1.32 bits per heavy atom. The quantitative estimate of drug-likeness (QED) is 0.375. The molecule has 1 amide bonds. The van der Waals surface area contributed by atoms with Gasteiger partial charge in [0.1, 0.15) is 0 Å². The smallest absolute Gasteiger partial charge is 0.289 e. The Bertz CT molecular complexity index is 767. The van der Waals surface area contributed by atoms with Gasteiger partial charge in [-0.1, -0.05) is 13.8 Å². The van der Waals surface area contributed by atoms with Crippen LogP contribution in [0.2, 0.25) is 0 Å².